The minimum absolute atomic E-state index is 0.202. The topological polar surface area (TPSA) is 17.1 Å². The van der Waals surface area contributed by atoms with E-state index in [9.17, 15) is 4.79 Å². The predicted octanol–water partition coefficient (Wildman–Crippen LogP) is 4.60. The molecule has 0 atom stereocenters. The van der Waals surface area contributed by atoms with Gasteiger partial charge in [-0.25, -0.2) is 0 Å². The van der Waals surface area contributed by atoms with Crippen molar-refractivity contribution >= 4 is 67.0 Å². The maximum absolute atomic E-state index is 11.9. The summed E-state index contributed by atoms with van der Waals surface area (Å²) in [6.45, 7) is 0. The first kappa shape index (κ1) is 11.8. The van der Waals surface area contributed by atoms with Crippen molar-refractivity contribution in [3.05, 3.63) is 40.7 Å². The molecule has 5 heteroatoms. The molecule has 2 aromatic rings. The summed E-state index contributed by atoms with van der Waals surface area (Å²) in [5, 5.41) is 3.95. The second-order valence-corrected chi connectivity index (χ2v) is 7.23. The van der Waals surface area contributed by atoms with Crippen molar-refractivity contribution in [2.24, 2.45) is 0 Å². The van der Waals surface area contributed by atoms with Crippen molar-refractivity contribution in [3.8, 4) is 0 Å². The van der Waals surface area contributed by atoms with Gasteiger partial charge in [0.05, 0.1) is 8.66 Å². The number of halogens is 2. The van der Waals surface area contributed by atoms with Crippen LogP contribution in [-0.2, 0) is 6.42 Å². The lowest BCUT2D eigenvalue weighted by Crippen LogP contribution is -2.02. The van der Waals surface area contributed by atoms with Gasteiger partial charge in [0.15, 0.2) is 5.78 Å². The van der Waals surface area contributed by atoms with Crippen LogP contribution in [0.4, 0.5) is 0 Å². The molecule has 1 nitrogen and oxygen atoms in total. The highest BCUT2D eigenvalue weighted by Crippen LogP contribution is 2.26. The van der Waals surface area contributed by atoms with Crippen LogP contribution in [0.2, 0.25) is 0 Å². The first-order chi connectivity index (χ1) is 7.18. The lowest BCUT2D eigenvalue weighted by atomic mass is 10.1. The average molecular weight is 413 g/mol. The van der Waals surface area contributed by atoms with E-state index in [4.69, 9.17) is 0 Å². The molecule has 0 aliphatic heterocycles. The second kappa shape index (κ2) is 5.07. The van der Waals surface area contributed by atoms with Crippen molar-refractivity contribution in [1.82, 2.24) is 0 Å². The van der Waals surface area contributed by atoms with Crippen LogP contribution in [-0.4, -0.2) is 5.78 Å². The monoisotopic (exact) mass is 412 g/mol. The Morgan fingerprint density at radius 2 is 2.07 bits per heavy atom. The molecule has 0 aromatic carbocycles. The van der Waals surface area contributed by atoms with E-state index in [0.717, 1.165) is 17.8 Å². The number of hydrogen-bond acceptors (Lipinski definition) is 3. The molecule has 0 amide bonds. The largest absolute Gasteiger partial charge is 0.293 e. The van der Waals surface area contributed by atoms with Crippen molar-refractivity contribution in [1.29, 1.82) is 0 Å². The third kappa shape index (κ3) is 2.69. The molecule has 0 radical (unpaired) electrons. The number of rotatable bonds is 3. The maximum atomic E-state index is 11.9. The molecular weight excluding hydrogens is 407 g/mol. The first-order valence-electron chi connectivity index (χ1n) is 4.16. The van der Waals surface area contributed by atoms with Crippen molar-refractivity contribution in [2.45, 2.75) is 6.42 Å². The Morgan fingerprint density at radius 3 is 2.60 bits per heavy atom. The zero-order valence-electron chi connectivity index (χ0n) is 7.50. The highest BCUT2D eigenvalue weighted by Gasteiger charge is 2.13. The number of carbonyl (C=O) groups excluding carboxylic acids is 1. The summed E-state index contributed by atoms with van der Waals surface area (Å²) < 4.78 is 2.11. The van der Waals surface area contributed by atoms with Crippen LogP contribution in [0.25, 0.3) is 0 Å². The summed E-state index contributed by atoms with van der Waals surface area (Å²) in [5.74, 6) is 0.202. The fourth-order valence-electron chi connectivity index (χ4n) is 1.19. The fraction of sp³-hybridized carbons (Fsp3) is 0.100. The van der Waals surface area contributed by atoms with E-state index in [-0.39, 0.29) is 5.78 Å². The van der Waals surface area contributed by atoms with Gasteiger partial charge in [-0.3, -0.25) is 4.79 Å². The number of thiophene rings is 2. The Morgan fingerprint density at radius 1 is 1.33 bits per heavy atom. The Bertz CT molecular complexity index is 489. The summed E-state index contributed by atoms with van der Waals surface area (Å²) in [6.07, 6.45) is 0.487. The average Bonchev–Trinajstić information content (AvgIpc) is 2.76. The molecule has 2 aromatic heterocycles. The van der Waals surface area contributed by atoms with Crippen molar-refractivity contribution in [2.75, 3.05) is 0 Å². The SMILES string of the molecule is O=C(Cc1ccsc1Br)c1sccc1I. The van der Waals surface area contributed by atoms with Gasteiger partial charge in [-0.2, -0.15) is 0 Å². The van der Waals surface area contributed by atoms with Crippen LogP contribution < -0.4 is 0 Å². The summed E-state index contributed by atoms with van der Waals surface area (Å²) in [4.78, 5) is 12.8. The zero-order chi connectivity index (χ0) is 10.8. The van der Waals surface area contributed by atoms with E-state index < -0.39 is 0 Å². The summed E-state index contributed by atoms with van der Waals surface area (Å²) in [6, 6.07) is 3.97. The minimum atomic E-state index is 0.202. The van der Waals surface area contributed by atoms with Gasteiger partial charge in [0.2, 0.25) is 0 Å². The lowest BCUT2D eigenvalue weighted by Gasteiger charge is -1.97. The van der Waals surface area contributed by atoms with Gasteiger partial charge in [-0.05, 0) is 67.0 Å². The molecule has 0 aliphatic rings. The Hall–Kier alpha value is 0.280. The molecule has 0 saturated heterocycles. The molecule has 78 valence electrons. The van der Waals surface area contributed by atoms with Gasteiger partial charge >= 0.3 is 0 Å². The molecule has 0 unspecified atom stereocenters. The van der Waals surface area contributed by atoms with E-state index in [2.05, 4.69) is 38.5 Å². The van der Waals surface area contributed by atoms with E-state index in [1.54, 1.807) is 11.3 Å². The molecule has 2 rings (SSSR count). The highest BCUT2D eigenvalue weighted by molar-refractivity contribution is 14.1. The van der Waals surface area contributed by atoms with Gasteiger partial charge in [0.25, 0.3) is 0 Å². The number of carbonyl (C=O) groups is 1. The number of Topliss-reactive ketones (excluding diaryl/α,β-unsaturated/α-hetero) is 1. The third-order valence-electron chi connectivity index (χ3n) is 1.91. The molecule has 0 bridgehead atoms. The fourth-order valence-corrected chi connectivity index (χ4v) is 4.26. The summed E-state index contributed by atoms with van der Waals surface area (Å²) >= 11 is 8.78. The quantitative estimate of drug-likeness (QED) is 0.531. The van der Waals surface area contributed by atoms with E-state index in [1.165, 1.54) is 11.3 Å². The van der Waals surface area contributed by atoms with Gasteiger partial charge < -0.3 is 0 Å². The first-order valence-corrected chi connectivity index (χ1v) is 7.79. The van der Waals surface area contributed by atoms with Crippen molar-refractivity contribution in [3.63, 3.8) is 0 Å². The van der Waals surface area contributed by atoms with Crippen LogP contribution in [0.5, 0.6) is 0 Å². The van der Waals surface area contributed by atoms with Gasteiger partial charge in [0.1, 0.15) is 0 Å². The molecule has 2 heterocycles. The molecular formula is C10H6BrIOS2. The third-order valence-corrected chi connectivity index (χ3v) is 5.95. The zero-order valence-corrected chi connectivity index (χ0v) is 12.9. The predicted molar refractivity (Wildman–Crippen MR) is 77.1 cm³/mol. The van der Waals surface area contributed by atoms with Crippen molar-refractivity contribution < 1.29 is 4.79 Å². The Balaban J connectivity index is 2.18. The molecule has 0 N–H and O–H groups in total. The van der Waals surface area contributed by atoms with Crippen LogP contribution in [0.3, 0.4) is 0 Å². The normalized spacial score (nSPS) is 10.5. The second-order valence-electron chi connectivity index (χ2n) is 2.92. The molecule has 0 saturated carbocycles. The van der Waals surface area contributed by atoms with Crippen LogP contribution in [0.1, 0.15) is 15.2 Å². The number of hydrogen-bond donors (Lipinski definition) is 0. The summed E-state index contributed by atoms with van der Waals surface area (Å²) in [5.41, 5.74) is 1.08. The van der Waals surface area contributed by atoms with Crippen LogP contribution in [0, 0.1) is 3.57 Å². The van der Waals surface area contributed by atoms with Gasteiger partial charge in [-0.1, -0.05) is 0 Å². The molecule has 0 spiro atoms. The Labute approximate surface area is 118 Å². The molecule has 15 heavy (non-hydrogen) atoms. The van der Waals surface area contributed by atoms with Crippen LogP contribution in [0.15, 0.2) is 26.7 Å². The van der Waals surface area contributed by atoms with E-state index in [0.29, 0.717) is 6.42 Å². The lowest BCUT2D eigenvalue weighted by molar-refractivity contribution is 0.0996. The standard InChI is InChI=1S/C10H6BrIOS2/c11-10-6(1-3-15-10)5-8(13)9-7(12)2-4-14-9/h1-4H,5H2. The highest BCUT2D eigenvalue weighted by atomic mass is 127. The number of ketones is 1. The molecule has 0 fully saturated rings. The summed E-state index contributed by atoms with van der Waals surface area (Å²) in [7, 11) is 0. The molecule has 0 aliphatic carbocycles. The van der Waals surface area contributed by atoms with E-state index >= 15 is 0 Å². The van der Waals surface area contributed by atoms with E-state index in [1.807, 2.05) is 22.9 Å². The van der Waals surface area contributed by atoms with Gasteiger partial charge in [-0.15, -0.1) is 22.7 Å². The van der Waals surface area contributed by atoms with Gasteiger partial charge in [0, 0.05) is 9.99 Å². The maximum Gasteiger partial charge on any atom is 0.178 e. The smallest absolute Gasteiger partial charge is 0.178 e. The van der Waals surface area contributed by atoms with Crippen LogP contribution >= 0.6 is 61.2 Å². The minimum Gasteiger partial charge on any atom is -0.293 e. The Kier molecular flexibility index (Phi) is 3.98.